The second-order valence-electron chi connectivity index (χ2n) is 9.07. The van der Waals surface area contributed by atoms with Gasteiger partial charge in [-0.15, -0.1) is 11.6 Å². The molecule has 0 bridgehead atoms. The zero-order valence-corrected chi connectivity index (χ0v) is 17.1. The summed E-state index contributed by atoms with van der Waals surface area (Å²) in [6.45, 7) is 8.09. The van der Waals surface area contributed by atoms with E-state index in [9.17, 15) is 15.3 Å². The van der Waals surface area contributed by atoms with Gasteiger partial charge in [-0.05, 0) is 36.8 Å². The fourth-order valence-electron chi connectivity index (χ4n) is 5.63. The average Bonchev–Trinajstić information content (AvgIpc) is 3.04. The Balaban J connectivity index is 1.83. The van der Waals surface area contributed by atoms with Crippen LogP contribution >= 0.6 is 11.6 Å². The summed E-state index contributed by atoms with van der Waals surface area (Å²) < 4.78 is 11.9. The topological polar surface area (TPSA) is 83.1 Å². The van der Waals surface area contributed by atoms with Crippen LogP contribution in [-0.2, 0) is 17.8 Å². The number of aliphatic hydroxyl groups excluding tert-OH is 2. The van der Waals surface area contributed by atoms with E-state index in [4.69, 9.17) is 20.8 Å². The van der Waals surface area contributed by atoms with Crippen molar-refractivity contribution in [3.63, 3.8) is 0 Å². The van der Waals surface area contributed by atoms with E-state index in [0.717, 1.165) is 29.5 Å². The van der Waals surface area contributed by atoms with Gasteiger partial charge in [-0.3, -0.25) is 0 Å². The SMILES string of the molecule is CC(C)[C@]1(O)[C@H](Cl)C=C2C3(C)CCc4c(coc4CO)[C@@H]3CO[C@]2(C)[C@@H]1O. The second kappa shape index (κ2) is 6.07. The summed E-state index contributed by atoms with van der Waals surface area (Å²) in [6, 6.07) is 0. The molecule has 1 fully saturated rings. The average molecular weight is 397 g/mol. The maximum absolute atomic E-state index is 11.2. The van der Waals surface area contributed by atoms with E-state index < -0.39 is 22.7 Å². The van der Waals surface area contributed by atoms with Gasteiger partial charge in [-0.2, -0.15) is 0 Å². The van der Waals surface area contributed by atoms with Crippen molar-refractivity contribution >= 4 is 11.6 Å². The Hall–Kier alpha value is -0.850. The number of furan rings is 1. The predicted octanol–water partition coefficient (Wildman–Crippen LogP) is 2.89. The number of rotatable bonds is 2. The van der Waals surface area contributed by atoms with Gasteiger partial charge in [0.05, 0.1) is 18.2 Å². The summed E-state index contributed by atoms with van der Waals surface area (Å²) in [4.78, 5) is 0. The van der Waals surface area contributed by atoms with E-state index in [-0.39, 0.29) is 23.9 Å². The van der Waals surface area contributed by atoms with Crippen molar-refractivity contribution in [3.8, 4) is 0 Å². The third kappa shape index (κ3) is 2.32. The predicted molar refractivity (Wildman–Crippen MR) is 102 cm³/mol. The molecule has 3 aliphatic rings. The number of ether oxygens (including phenoxy) is 1. The van der Waals surface area contributed by atoms with E-state index >= 15 is 0 Å². The summed E-state index contributed by atoms with van der Waals surface area (Å²) >= 11 is 6.62. The molecule has 0 saturated carbocycles. The monoisotopic (exact) mass is 396 g/mol. The Morgan fingerprint density at radius 3 is 2.67 bits per heavy atom. The lowest BCUT2D eigenvalue weighted by Crippen LogP contribution is -2.69. The number of fused-ring (bicyclic) bond motifs is 5. The Labute approximate surface area is 165 Å². The first-order valence-electron chi connectivity index (χ1n) is 9.72. The minimum Gasteiger partial charge on any atom is -0.466 e. The van der Waals surface area contributed by atoms with E-state index in [1.54, 1.807) is 6.26 Å². The molecule has 2 heterocycles. The molecule has 6 heteroatoms. The highest BCUT2D eigenvalue weighted by Gasteiger charge is 2.64. The van der Waals surface area contributed by atoms with Gasteiger partial charge < -0.3 is 24.5 Å². The first-order chi connectivity index (χ1) is 12.6. The molecule has 27 heavy (non-hydrogen) atoms. The van der Waals surface area contributed by atoms with Crippen LogP contribution in [0.5, 0.6) is 0 Å². The summed E-state index contributed by atoms with van der Waals surface area (Å²) in [5.41, 5.74) is 0.398. The van der Waals surface area contributed by atoms with Gasteiger partial charge in [0.25, 0.3) is 0 Å². The zero-order valence-electron chi connectivity index (χ0n) is 16.3. The third-order valence-electron chi connectivity index (χ3n) is 7.54. The lowest BCUT2D eigenvalue weighted by atomic mass is 9.53. The number of alkyl halides is 1. The van der Waals surface area contributed by atoms with Gasteiger partial charge in [0.1, 0.15) is 29.7 Å². The van der Waals surface area contributed by atoms with Crippen molar-refractivity contribution in [3.05, 3.63) is 34.8 Å². The van der Waals surface area contributed by atoms with Crippen molar-refractivity contribution in [1.82, 2.24) is 0 Å². The molecule has 5 nitrogen and oxygen atoms in total. The van der Waals surface area contributed by atoms with Crippen molar-refractivity contribution in [2.24, 2.45) is 11.3 Å². The van der Waals surface area contributed by atoms with Crippen molar-refractivity contribution in [2.75, 3.05) is 6.61 Å². The van der Waals surface area contributed by atoms with Crippen LogP contribution in [0, 0.1) is 11.3 Å². The first-order valence-corrected chi connectivity index (χ1v) is 10.2. The molecule has 0 spiro atoms. The molecule has 0 radical (unpaired) electrons. The van der Waals surface area contributed by atoms with Crippen LogP contribution in [-0.4, -0.2) is 44.6 Å². The fourth-order valence-corrected chi connectivity index (χ4v) is 6.13. The number of hydrogen-bond acceptors (Lipinski definition) is 5. The van der Waals surface area contributed by atoms with Crippen LogP contribution in [0.1, 0.15) is 56.9 Å². The molecule has 0 aromatic carbocycles. The summed E-state index contributed by atoms with van der Waals surface area (Å²) in [5.74, 6) is 0.464. The fraction of sp³-hybridized carbons (Fsp3) is 0.714. The highest BCUT2D eigenvalue weighted by molar-refractivity contribution is 6.23. The summed E-state index contributed by atoms with van der Waals surface area (Å²) in [6.07, 6.45) is 4.16. The van der Waals surface area contributed by atoms with E-state index in [1.807, 2.05) is 26.8 Å². The molecular weight excluding hydrogens is 368 g/mol. The molecule has 4 rings (SSSR count). The van der Waals surface area contributed by atoms with Crippen LogP contribution in [0.25, 0.3) is 0 Å². The Morgan fingerprint density at radius 1 is 1.33 bits per heavy atom. The van der Waals surface area contributed by atoms with Crippen LogP contribution in [0.15, 0.2) is 22.3 Å². The highest BCUT2D eigenvalue weighted by atomic mass is 35.5. The number of aliphatic hydroxyl groups is 3. The van der Waals surface area contributed by atoms with Crippen LogP contribution < -0.4 is 0 Å². The van der Waals surface area contributed by atoms with Gasteiger partial charge in [0.15, 0.2) is 0 Å². The molecule has 1 unspecified atom stereocenters. The van der Waals surface area contributed by atoms with Gasteiger partial charge in [-0.25, -0.2) is 0 Å². The van der Waals surface area contributed by atoms with Crippen LogP contribution in [0.3, 0.4) is 0 Å². The molecular formula is C21H29ClO5. The third-order valence-corrected chi connectivity index (χ3v) is 8.01. The lowest BCUT2D eigenvalue weighted by molar-refractivity contribution is -0.215. The number of hydrogen-bond donors (Lipinski definition) is 3. The minimum absolute atomic E-state index is 0.0611. The molecule has 6 atom stereocenters. The van der Waals surface area contributed by atoms with E-state index in [2.05, 4.69) is 6.92 Å². The van der Waals surface area contributed by atoms with E-state index in [0.29, 0.717) is 12.4 Å². The Morgan fingerprint density at radius 2 is 2.04 bits per heavy atom. The maximum Gasteiger partial charge on any atom is 0.132 e. The molecule has 1 aromatic rings. The van der Waals surface area contributed by atoms with Gasteiger partial charge >= 0.3 is 0 Å². The van der Waals surface area contributed by atoms with Crippen molar-refractivity contribution in [1.29, 1.82) is 0 Å². The summed E-state index contributed by atoms with van der Waals surface area (Å²) in [5, 5.41) is 31.3. The smallest absolute Gasteiger partial charge is 0.132 e. The van der Waals surface area contributed by atoms with Crippen LogP contribution in [0.2, 0.25) is 0 Å². The standard InChI is InChI=1S/C21H29ClO5/c1-11(2)21(25)17(22)7-16-19(3)6-5-12-13(9-26-15(12)8-23)14(19)10-27-20(16,4)18(21)24/h7,9,11,14,17-18,23-25H,5-6,8,10H2,1-4H3/t14-,17+,18-,19?,20-,21-/m0/s1. The largest absolute Gasteiger partial charge is 0.466 e. The van der Waals surface area contributed by atoms with Gasteiger partial charge in [-0.1, -0.05) is 26.8 Å². The van der Waals surface area contributed by atoms with Crippen molar-refractivity contribution < 1.29 is 24.5 Å². The Kier molecular flexibility index (Phi) is 4.38. The maximum atomic E-state index is 11.2. The molecule has 1 aliphatic heterocycles. The molecule has 1 aromatic heterocycles. The van der Waals surface area contributed by atoms with Gasteiger partial charge in [0.2, 0.25) is 0 Å². The zero-order chi connectivity index (χ0) is 19.8. The normalized spacial score (nSPS) is 43.7. The quantitative estimate of drug-likeness (QED) is 0.529. The highest BCUT2D eigenvalue weighted by Crippen LogP contribution is 2.61. The lowest BCUT2D eigenvalue weighted by Gasteiger charge is -2.60. The van der Waals surface area contributed by atoms with Gasteiger partial charge in [0, 0.05) is 16.9 Å². The summed E-state index contributed by atoms with van der Waals surface area (Å²) in [7, 11) is 0. The number of halogens is 1. The van der Waals surface area contributed by atoms with Crippen LogP contribution in [0.4, 0.5) is 0 Å². The van der Waals surface area contributed by atoms with Crippen molar-refractivity contribution in [2.45, 2.75) is 75.7 Å². The molecule has 150 valence electrons. The molecule has 2 aliphatic carbocycles. The molecule has 1 saturated heterocycles. The minimum atomic E-state index is -1.46. The van der Waals surface area contributed by atoms with E-state index in [1.165, 1.54) is 0 Å². The molecule has 0 amide bonds. The first kappa shape index (κ1) is 19.5. The Bertz CT molecular complexity index is 786. The molecule has 3 N–H and O–H groups in total. The second-order valence-corrected chi connectivity index (χ2v) is 9.54.